The Morgan fingerprint density at radius 2 is 2.29 bits per heavy atom. The van der Waals surface area contributed by atoms with Crippen molar-refractivity contribution in [2.24, 2.45) is 5.92 Å². The minimum absolute atomic E-state index is 0.0614. The Kier molecular flexibility index (Phi) is 4.45. The van der Waals surface area contributed by atoms with Gasteiger partial charge in [-0.15, -0.1) is 0 Å². The van der Waals surface area contributed by atoms with Crippen LogP contribution in [-0.4, -0.2) is 23.9 Å². The number of rotatable bonds is 5. The molecule has 1 aliphatic heterocycles. The van der Waals surface area contributed by atoms with Gasteiger partial charge in [0.1, 0.15) is 0 Å². The Morgan fingerprint density at radius 1 is 1.50 bits per heavy atom. The van der Waals surface area contributed by atoms with Gasteiger partial charge >= 0.3 is 0 Å². The highest BCUT2D eigenvalue weighted by atomic mass is 16.2. The zero-order valence-electron chi connectivity index (χ0n) is 8.83. The summed E-state index contributed by atoms with van der Waals surface area (Å²) in [5, 5.41) is 8.68. The summed E-state index contributed by atoms with van der Waals surface area (Å²) >= 11 is 0. The second-order valence-corrected chi connectivity index (χ2v) is 3.93. The van der Waals surface area contributed by atoms with Gasteiger partial charge in [-0.05, 0) is 6.42 Å². The van der Waals surface area contributed by atoms with Crippen LogP contribution in [-0.2, 0) is 4.79 Å². The average Bonchev–Trinajstić information content (AvgIpc) is 2.54. The van der Waals surface area contributed by atoms with E-state index in [4.69, 9.17) is 5.26 Å². The molecule has 1 rings (SSSR count). The molecule has 0 aromatic carbocycles. The molecule has 14 heavy (non-hydrogen) atoms. The van der Waals surface area contributed by atoms with E-state index in [1.54, 1.807) is 0 Å². The summed E-state index contributed by atoms with van der Waals surface area (Å²) < 4.78 is 0. The number of carbonyl (C=O) groups excluding carboxylic acids is 1. The first-order valence-corrected chi connectivity index (χ1v) is 5.45. The summed E-state index contributed by atoms with van der Waals surface area (Å²) in [6.07, 6.45) is 5.16. The van der Waals surface area contributed by atoms with Gasteiger partial charge in [0.25, 0.3) is 0 Å². The van der Waals surface area contributed by atoms with Crippen LogP contribution in [0.25, 0.3) is 0 Å². The summed E-state index contributed by atoms with van der Waals surface area (Å²) in [6.45, 7) is 3.67. The largest absolute Gasteiger partial charge is 0.341 e. The molecular weight excluding hydrogens is 176 g/mol. The molecule has 0 N–H and O–H groups in total. The maximum absolute atomic E-state index is 11.4. The Balaban J connectivity index is 2.19. The highest BCUT2D eigenvalue weighted by molar-refractivity contribution is 5.79. The Hall–Kier alpha value is -1.04. The molecule has 0 bridgehead atoms. The monoisotopic (exact) mass is 194 g/mol. The number of amides is 1. The molecule has 0 spiro atoms. The number of unbranched alkanes of at least 4 members (excludes halogenated alkanes) is 3. The molecule has 0 aromatic heterocycles. The molecule has 1 amide bonds. The maximum atomic E-state index is 11.4. The Labute approximate surface area is 85.7 Å². The highest BCUT2D eigenvalue weighted by Crippen LogP contribution is 2.17. The van der Waals surface area contributed by atoms with E-state index in [1.165, 1.54) is 19.3 Å². The summed E-state index contributed by atoms with van der Waals surface area (Å²) in [6, 6.07) is 2.16. The molecule has 1 saturated heterocycles. The van der Waals surface area contributed by atoms with E-state index in [1.807, 2.05) is 4.90 Å². The van der Waals surface area contributed by atoms with Crippen molar-refractivity contribution < 1.29 is 4.79 Å². The van der Waals surface area contributed by atoms with Crippen molar-refractivity contribution in [3.63, 3.8) is 0 Å². The van der Waals surface area contributed by atoms with Crippen LogP contribution in [0.1, 0.15) is 39.0 Å². The molecule has 1 atom stereocenters. The van der Waals surface area contributed by atoms with E-state index >= 15 is 0 Å². The summed E-state index contributed by atoms with van der Waals surface area (Å²) in [7, 11) is 0. The van der Waals surface area contributed by atoms with Crippen LogP contribution in [0.4, 0.5) is 0 Å². The summed E-state index contributed by atoms with van der Waals surface area (Å²) in [5.41, 5.74) is 0. The first kappa shape index (κ1) is 11.0. The van der Waals surface area contributed by atoms with Gasteiger partial charge in [-0.1, -0.05) is 26.2 Å². The number of hydrogen-bond acceptors (Lipinski definition) is 2. The molecule has 1 fully saturated rings. The molecule has 3 nitrogen and oxygen atoms in total. The van der Waals surface area contributed by atoms with Crippen molar-refractivity contribution in [2.75, 3.05) is 13.1 Å². The van der Waals surface area contributed by atoms with Crippen LogP contribution < -0.4 is 0 Å². The molecule has 0 aromatic rings. The van der Waals surface area contributed by atoms with Gasteiger partial charge in [0, 0.05) is 19.5 Å². The third-order valence-electron chi connectivity index (χ3n) is 2.68. The Morgan fingerprint density at radius 3 is 2.86 bits per heavy atom. The van der Waals surface area contributed by atoms with Gasteiger partial charge in [0.2, 0.25) is 5.91 Å². The normalized spacial score (nSPS) is 21.3. The van der Waals surface area contributed by atoms with Crippen molar-refractivity contribution in [3.05, 3.63) is 0 Å². The number of carbonyl (C=O) groups is 1. The van der Waals surface area contributed by atoms with Gasteiger partial charge in [0.05, 0.1) is 12.0 Å². The van der Waals surface area contributed by atoms with Crippen molar-refractivity contribution in [3.8, 4) is 6.07 Å². The number of hydrogen-bond donors (Lipinski definition) is 0. The van der Waals surface area contributed by atoms with Gasteiger partial charge in [-0.2, -0.15) is 5.26 Å². The molecule has 0 aliphatic carbocycles. The lowest BCUT2D eigenvalue weighted by atomic mass is 10.1. The lowest BCUT2D eigenvalue weighted by Gasteiger charge is -2.14. The lowest BCUT2D eigenvalue weighted by molar-refractivity contribution is -0.127. The van der Waals surface area contributed by atoms with E-state index in [2.05, 4.69) is 13.0 Å². The fraction of sp³-hybridized carbons (Fsp3) is 0.818. The zero-order chi connectivity index (χ0) is 10.4. The third kappa shape index (κ3) is 3.02. The van der Waals surface area contributed by atoms with Crippen molar-refractivity contribution in [1.82, 2.24) is 4.90 Å². The van der Waals surface area contributed by atoms with Crippen molar-refractivity contribution in [1.29, 1.82) is 5.26 Å². The van der Waals surface area contributed by atoms with E-state index in [0.717, 1.165) is 13.0 Å². The molecule has 78 valence electrons. The maximum Gasteiger partial charge on any atom is 0.224 e. The second-order valence-electron chi connectivity index (χ2n) is 3.93. The van der Waals surface area contributed by atoms with Gasteiger partial charge in [-0.25, -0.2) is 0 Å². The smallest absolute Gasteiger partial charge is 0.224 e. The molecule has 1 aliphatic rings. The van der Waals surface area contributed by atoms with E-state index in [0.29, 0.717) is 13.0 Å². The minimum Gasteiger partial charge on any atom is -0.341 e. The number of nitrogens with zero attached hydrogens (tertiary/aromatic N) is 2. The third-order valence-corrected chi connectivity index (χ3v) is 2.68. The summed E-state index contributed by atoms with van der Waals surface area (Å²) in [4.78, 5) is 13.2. The van der Waals surface area contributed by atoms with Crippen LogP contribution in [0.3, 0.4) is 0 Å². The quantitative estimate of drug-likeness (QED) is 0.628. The van der Waals surface area contributed by atoms with Crippen molar-refractivity contribution >= 4 is 5.91 Å². The predicted octanol–water partition coefficient (Wildman–Crippen LogP) is 1.94. The number of nitriles is 1. The van der Waals surface area contributed by atoms with Gasteiger partial charge in [-0.3, -0.25) is 4.79 Å². The Bertz CT molecular complexity index is 232. The van der Waals surface area contributed by atoms with Crippen LogP contribution in [0.15, 0.2) is 0 Å². The molecular formula is C11H18N2O. The predicted molar refractivity (Wildman–Crippen MR) is 54.4 cm³/mol. The van der Waals surface area contributed by atoms with E-state index in [9.17, 15) is 4.79 Å². The van der Waals surface area contributed by atoms with Crippen molar-refractivity contribution in [2.45, 2.75) is 39.0 Å². The molecule has 1 unspecified atom stereocenters. The van der Waals surface area contributed by atoms with Crippen LogP contribution in [0.2, 0.25) is 0 Å². The topological polar surface area (TPSA) is 44.1 Å². The average molecular weight is 194 g/mol. The minimum atomic E-state index is -0.0614. The van der Waals surface area contributed by atoms with Crippen LogP contribution in [0.5, 0.6) is 0 Å². The first-order chi connectivity index (χ1) is 6.77. The van der Waals surface area contributed by atoms with Gasteiger partial charge in [0.15, 0.2) is 0 Å². The van der Waals surface area contributed by atoms with Crippen LogP contribution >= 0.6 is 0 Å². The van der Waals surface area contributed by atoms with Crippen LogP contribution in [0, 0.1) is 17.2 Å². The SMILES string of the molecule is CCCCCCN1CC(C#N)CC1=O. The first-order valence-electron chi connectivity index (χ1n) is 5.45. The van der Waals surface area contributed by atoms with E-state index in [-0.39, 0.29) is 11.8 Å². The fourth-order valence-corrected chi connectivity index (χ4v) is 1.80. The highest BCUT2D eigenvalue weighted by Gasteiger charge is 2.28. The molecule has 1 heterocycles. The molecule has 3 heteroatoms. The van der Waals surface area contributed by atoms with Gasteiger partial charge < -0.3 is 4.90 Å². The zero-order valence-corrected chi connectivity index (χ0v) is 8.83. The number of likely N-dealkylation sites (tertiary alicyclic amines) is 1. The lowest BCUT2D eigenvalue weighted by Crippen LogP contribution is -2.26. The summed E-state index contributed by atoms with van der Waals surface area (Å²) in [5.74, 6) is 0.0988. The standard InChI is InChI=1S/C11H18N2O/c1-2-3-4-5-6-13-9-10(8-12)7-11(13)14/h10H,2-7,9H2,1H3. The fourth-order valence-electron chi connectivity index (χ4n) is 1.80. The molecule has 0 saturated carbocycles. The molecule has 0 radical (unpaired) electrons. The second kappa shape index (κ2) is 5.64. The van der Waals surface area contributed by atoms with E-state index < -0.39 is 0 Å².